The summed E-state index contributed by atoms with van der Waals surface area (Å²) in [5, 5.41) is 10.3. The Labute approximate surface area is 112 Å². The molecule has 0 aromatic heterocycles. The van der Waals surface area contributed by atoms with E-state index in [4.69, 9.17) is 9.47 Å². The van der Waals surface area contributed by atoms with Crippen molar-refractivity contribution in [2.75, 3.05) is 6.79 Å². The van der Waals surface area contributed by atoms with E-state index < -0.39 is 6.10 Å². The normalized spacial score (nSPS) is 14.4. The molecule has 3 rings (SSSR count). The number of ether oxygens (including phenoxy) is 2. The molecule has 98 valence electrons. The standard InChI is InChI=1S/C16H16O3/c1-11-2-4-12(5-3-11)8-14(17)13-6-7-15-16(9-13)19-10-18-15/h2-7,9,14,17H,8,10H2,1H3. The van der Waals surface area contributed by atoms with Gasteiger partial charge in [0, 0.05) is 6.42 Å². The van der Waals surface area contributed by atoms with Crippen LogP contribution < -0.4 is 9.47 Å². The largest absolute Gasteiger partial charge is 0.454 e. The second-order valence-corrected chi connectivity index (χ2v) is 4.82. The van der Waals surface area contributed by atoms with Gasteiger partial charge in [0.05, 0.1) is 6.10 Å². The van der Waals surface area contributed by atoms with Crippen LogP contribution in [0, 0.1) is 6.92 Å². The second kappa shape index (κ2) is 4.94. The third kappa shape index (κ3) is 2.56. The first kappa shape index (κ1) is 12.1. The Balaban J connectivity index is 1.76. The van der Waals surface area contributed by atoms with Gasteiger partial charge in [-0.05, 0) is 30.2 Å². The van der Waals surface area contributed by atoms with Crippen LogP contribution in [-0.2, 0) is 6.42 Å². The summed E-state index contributed by atoms with van der Waals surface area (Å²) >= 11 is 0. The topological polar surface area (TPSA) is 38.7 Å². The summed E-state index contributed by atoms with van der Waals surface area (Å²) < 4.78 is 10.6. The first-order chi connectivity index (χ1) is 9.22. The molecule has 19 heavy (non-hydrogen) atoms. The molecule has 1 N–H and O–H groups in total. The molecule has 3 nitrogen and oxygen atoms in total. The summed E-state index contributed by atoms with van der Waals surface area (Å²) in [4.78, 5) is 0. The fraction of sp³-hybridized carbons (Fsp3) is 0.250. The zero-order valence-electron chi connectivity index (χ0n) is 10.8. The van der Waals surface area contributed by atoms with Crippen LogP contribution in [0.2, 0.25) is 0 Å². The van der Waals surface area contributed by atoms with Crippen LogP contribution in [0.25, 0.3) is 0 Å². The molecule has 0 saturated heterocycles. The molecule has 2 aromatic carbocycles. The van der Waals surface area contributed by atoms with Crippen LogP contribution in [0.15, 0.2) is 42.5 Å². The maximum absolute atomic E-state index is 10.3. The highest BCUT2D eigenvalue weighted by Gasteiger charge is 2.16. The summed E-state index contributed by atoms with van der Waals surface area (Å²) in [5.74, 6) is 1.45. The van der Waals surface area contributed by atoms with Crippen molar-refractivity contribution >= 4 is 0 Å². The Morgan fingerprint density at radius 2 is 1.79 bits per heavy atom. The van der Waals surface area contributed by atoms with Gasteiger partial charge in [0.15, 0.2) is 11.5 Å². The Hall–Kier alpha value is -2.00. The number of rotatable bonds is 3. The molecule has 0 radical (unpaired) electrons. The molecule has 0 saturated carbocycles. The molecule has 1 aliphatic rings. The smallest absolute Gasteiger partial charge is 0.231 e. The molecule has 0 fully saturated rings. The van der Waals surface area contributed by atoms with Gasteiger partial charge in [0.25, 0.3) is 0 Å². The summed E-state index contributed by atoms with van der Waals surface area (Å²) in [6.45, 7) is 2.31. The third-order valence-corrected chi connectivity index (χ3v) is 3.33. The molecule has 0 bridgehead atoms. The van der Waals surface area contributed by atoms with Crippen LogP contribution in [0.5, 0.6) is 11.5 Å². The average molecular weight is 256 g/mol. The molecule has 0 spiro atoms. The van der Waals surface area contributed by atoms with Gasteiger partial charge in [-0.3, -0.25) is 0 Å². The first-order valence-electron chi connectivity index (χ1n) is 6.35. The molecule has 3 heteroatoms. The molecule has 2 aromatic rings. The number of fused-ring (bicyclic) bond motifs is 1. The molecule has 1 heterocycles. The van der Waals surface area contributed by atoms with Gasteiger partial charge in [-0.25, -0.2) is 0 Å². The highest BCUT2D eigenvalue weighted by Crippen LogP contribution is 2.34. The highest BCUT2D eigenvalue weighted by molar-refractivity contribution is 5.45. The first-order valence-corrected chi connectivity index (χ1v) is 6.35. The van der Waals surface area contributed by atoms with E-state index in [1.807, 2.05) is 30.3 Å². The maximum Gasteiger partial charge on any atom is 0.231 e. The number of hydrogen-bond donors (Lipinski definition) is 1. The minimum Gasteiger partial charge on any atom is -0.454 e. The molecule has 0 aliphatic carbocycles. The number of benzene rings is 2. The Morgan fingerprint density at radius 1 is 1.05 bits per heavy atom. The average Bonchev–Trinajstić information content (AvgIpc) is 2.88. The SMILES string of the molecule is Cc1ccc(CC(O)c2ccc3c(c2)OCO3)cc1. The van der Waals surface area contributed by atoms with Crippen molar-refractivity contribution < 1.29 is 14.6 Å². The summed E-state index contributed by atoms with van der Waals surface area (Å²) in [6, 6.07) is 13.8. The lowest BCUT2D eigenvalue weighted by Crippen LogP contribution is -2.01. The van der Waals surface area contributed by atoms with Crippen molar-refractivity contribution in [3.63, 3.8) is 0 Å². The Morgan fingerprint density at radius 3 is 2.58 bits per heavy atom. The highest BCUT2D eigenvalue weighted by atomic mass is 16.7. The Kier molecular flexibility index (Phi) is 3.13. The fourth-order valence-electron chi connectivity index (χ4n) is 2.19. The summed E-state index contributed by atoms with van der Waals surface area (Å²) in [6.07, 6.45) is 0.0668. The number of aliphatic hydroxyl groups is 1. The quantitative estimate of drug-likeness (QED) is 0.917. The molecule has 1 unspecified atom stereocenters. The maximum atomic E-state index is 10.3. The number of aliphatic hydroxyl groups excluding tert-OH is 1. The van der Waals surface area contributed by atoms with Crippen LogP contribution in [0.3, 0.4) is 0 Å². The molecular weight excluding hydrogens is 240 g/mol. The zero-order chi connectivity index (χ0) is 13.2. The van der Waals surface area contributed by atoms with Crippen LogP contribution in [-0.4, -0.2) is 11.9 Å². The fourth-order valence-corrected chi connectivity index (χ4v) is 2.19. The van der Waals surface area contributed by atoms with Crippen molar-refractivity contribution in [3.8, 4) is 11.5 Å². The van der Waals surface area contributed by atoms with Crippen LogP contribution >= 0.6 is 0 Å². The van der Waals surface area contributed by atoms with Crippen molar-refractivity contribution in [1.29, 1.82) is 0 Å². The zero-order valence-corrected chi connectivity index (χ0v) is 10.8. The molecular formula is C16H16O3. The van der Waals surface area contributed by atoms with Gasteiger partial charge in [-0.15, -0.1) is 0 Å². The van der Waals surface area contributed by atoms with Gasteiger partial charge in [0.2, 0.25) is 6.79 Å². The van der Waals surface area contributed by atoms with E-state index in [-0.39, 0.29) is 6.79 Å². The lowest BCUT2D eigenvalue weighted by molar-refractivity contribution is 0.171. The van der Waals surface area contributed by atoms with Gasteiger partial charge in [-0.2, -0.15) is 0 Å². The van der Waals surface area contributed by atoms with E-state index in [0.717, 1.165) is 16.9 Å². The van der Waals surface area contributed by atoms with Gasteiger partial charge in [-0.1, -0.05) is 35.9 Å². The summed E-state index contributed by atoms with van der Waals surface area (Å²) in [7, 11) is 0. The minimum absolute atomic E-state index is 0.257. The van der Waals surface area contributed by atoms with E-state index in [2.05, 4.69) is 19.1 Å². The van der Waals surface area contributed by atoms with Crippen molar-refractivity contribution in [1.82, 2.24) is 0 Å². The lowest BCUT2D eigenvalue weighted by atomic mass is 10.0. The van der Waals surface area contributed by atoms with Crippen molar-refractivity contribution in [2.24, 2.45) is 0 Å². The predicted molar refractivity (Wildman–Crippen MR) is 72.4 cm³/mol. The lowest BCUT2D eigenvalue weighted by Gasteiger charge is -2.12. The van der Waals surface area contributed by atoms with E-state index in [0.29, 0.717) is 12.2 Å². The van der Waals surface area contributed by atoms with E-state index in [1.54, 1.807) is 0 Å². The number of hydrogen-bond acceptors (Lipinski definition) is 3. The van der Waals surface area contributed by atoms with Crippen LogP contribution in [0.1, 0.15) is 22.8 Å². The van der Waals surface area contributed by atoms with E-state index in [1.165, 1.54) is 5.56 Å². The van der Waals surface area contributed by atoms with Gasteiger partial charge < -0.3 is 14.6 Å². The minimum atomic E-state index is -0.530. The molecule has 1 aliphatic heterocycles. The number of aryl methyl sites for hydroxylation is 1. The molecule has 0 amide bonds. The van der Waals surface area contributed by atoms with Crippen molar-refractivity contribution in [2.45, 2.75) is 19.4 Å². The monoisotopic (exact) mass is 256 g/mol. The van der Waals surface area contributed by atoms with Gasteiger partial charge >= 0.3 is 0 Å². The van der Waals surface area contributed by atoms with Crippen molar-refractivity contribution in [3.05, 3.63) is 59.2 Å². The molecule has 1 atom stereocenters. The van der Waals surface area contributed by atoms with E-state index in [9.17, 15) is 5.11 Å². The second-order valence-electron chi connectivity index (χ2n) is 4.82. The third-order valence-electron chi connectivity index (χ3n) is 3.33. The van der Waals surface area contributed by atoms with Crippen LogP contribution in [0.4, 0.5) is 0 Å². The van der Waals surface area contributed by atoms with Gasteiger partial charge in [0.1, 0.15) is 0 Å². The Bertz CT molecular complexity index is 575. The summed E-state index contributed by atoms with van der Waals surface area (Å²) in [5.41, 5.74) is 3.20. The predicted octanol–water partition coefficient (Wildman–Crippen LogP) is 3.00. The van der Waals surface area contributed by atoms with E-state index >= 15 is 0 Å².